The Morgan fingerprint density at radius 3 is 1.60 bits per heavy atom. The standard InChI is InChI=1S/C66H62BN3O2/c1-63(2,3)39-17-24-43(25-18-39)68(44-26-19-40(20-27-44)64(4,5)6)46-30-31-47-49-32-33-50-51-38-58-52(48-15-13-14-16-56(48)71-58)37-54(51)69-60(50)59(49)67(62-61(69)53-35-42(66(10,11)12)23-34-57(53)72-62)70(55(47)36-46)45-28-21-41(22-29-45)65(7,8)9/h13-38H,1-12H3. The molecule has 5 heterocycles. The summed E-state index contributed by atoms with van der Waals surface area (Å²) in [6.45, 7) is 27.2. The Balaban J connectivity index is 1.13. The molecule has 0 saturated carbocycles. The Labute approximate surface area is 423 Å². The smallest absolute Gasteiger partial charge is 0.375 e. The summed E-state index contributed by atoms with van der Waals surface area (Å²) in [5, 5.41) is 5.72. The number of para-hydroxylation sites is 1. The fourth-order valence-corrected chi connectivity index (χ4v) is 11.8. The summed E-state index contributed by atoms with van der Waals surface area (Å²) in [5.41, 5.74) is 21.4. The van der Waals surface area contributed by atoms with Crippen LogP contribution in [0.4, 0.5) is 28.4 Å². The van der Waals surface area contributed by atoms with Gasteiger partial charge in [-0.25, -0.2) is 0 Å². The molecule has 0 saturated heterocycles. The largest absolute Gasteiger partial charge is 0.466 e. The normalized spacial score (nSPS) is 13.8. The molecule has 0 N–H and O–H groups in total. The number of rotatable bonds is 4. The SMILES string of the molecule is CC(C)(C)c1ccc(N2B3c4oc5ccc(C(C)(C)C)cc5c4-n4c5cc6c(cc5c5ccc(c3c54)-c3ccc(N(c4ccc(C(C)(C)C)cc4)c4ccc(C(C)(C)C)cc4)cc32)oc2ccccc26)cc1. The zero-order valence-electron chi connectivity index (χ0n) is 43.7. The van der Waals surface area contributed by atoms with E-state index >= 15 is 0 Å². The minimum atomic E-state index is -0.293. The first-order chi connectivity index (χ1) is 34.2. The highest BCUT2D eigenvalue weighted by Gasteiger charge is 2.47. The van der Waals surface area contributed by atoms with Crippen LogP contribution >= 0.6 is 0 Å². The quantitative estimate of drug-likeness (QED) is 0.165. The van der Waals surface area contributed by atoms with E-state index in [4.69, 9.17) is 8.83 Å². The second-order valence-corrected chi connectivity index (χ2v) is 24.7. The first kappa shape index (κ1) is 44.5. The van der Waals surface area contributed by atoms with Gasteiger partial charge in [0.2, 0.25) is 0 Å². The van der Waals surface area contributed by atoms with Crippen molar-refractivity contribution in [2.24, 2.45) is 0 Å². The monoisotopic (exact) mass is 939 g/mol. The summed E-state index contributed by atoms with van der Waals surface area (Å²) in [6.07, 6.45) is 0. The van der Waals surface area contributed by atoms with E-state index in [2.05, 4.69) is 255 Å². The van der Waals surface area contributed by atoms with E-state index in [9.17, 15) is 0 Å². The minimum Gasteiger partial charge on any atom is -0.466 e. The van der Waals surface area contributed by atoms with E-state index in [1.807, 2.05) is 0 Å². The molecule has 0 fully saturated rings. The maximum absolute atomic E-state index is 7.45. The highest BCUT2D eigenvalue weighted by Crippen LogP contribution is 2.50. The maximum atomic E-state index is 7.45. The number of hydrogen-bond acceptors (Lipinski definition) is 4. The van der Waals surface area contributed by atoms with E-state index in [1.54, 1.807) is 0 Å². The molecular weight excluding hydrogens is 878 g/mol. The van der Waals surface area contributed by atoms with Crippen molar-refractivity contribution in [1.29, 1.82) is 0 Å². The first-order valence-corrected chi connectivity index (χ1v) is 25.8. The molecule has 0 radical (unpaired) electrons. The van der Waals surface area contributed by atoms with Gasteiger partial charge >= 0.3 is 6.85 Å². The van der Waals surface area contributed by atoms with E-state index in [0.717, 1.165) is 78.2 Å². The fourth-order valence-electron chi connectivity index (χ4n) is 11.8. The lowest BCUT2D eigenvalue weighted by Gasteiger charge is -2.41. The van der Waals surface area contributed by atoms with Crippen molar-refractivity contribution in [3.8, 4) is 16.8 Å². The molecule has 6 heteroatoms. The van der Waals surface area contributed by atoms with E-state index in [-0.39, 0.29) is 28.5 Å². The summed E-state index contributed by atoms with van der Waals surface area (Å²) in [4.78, 5) is 5.01. The van der Waals surface area contributed by atoms with Crippen LogP contribution in [0.5, 0.6) is 0 Å². The maximum Gasteiger partial charge on any atom is 0.375 e. The summed E-state index contributed by atoms with van der Waals surface area (Å²) in [5.74, 6) is 0. The first-order valence-electron chi connectivity index (χ1n) is 25.8. The summed E-state index contributed by atoms with van der Waals surface area (Å²) >= 11 is 0. The van der Waals surface area contributed by atoms with Crippen LogP contribution in [-0.4, -0.2) is 11.4 Å². The molecule has 2 aliphatic heterocycles. The number of fused-ring (bicyclic) bond motifs is 13. The van der Waals surface area contributed by atoms with Gasteiger partial charge in [-0.05, 0) is 134 Å². The van der Waals surface area contributed by atoms with Gasteiger partial charge < -0.3 is 23.1 Å². The molecule has 11 aromatic rings. The van der Waals surface area contributed by atoms with Crippen LogP contribution in [0.15, 0.2) is 167 Å². The molecule has 2 aliphatic rings. The minimum absolute atomic E-state index is 0.0111. The number of anilines is 5. The third kappa shape index (κ3) is 6.67. The van der Waals surface area contributed by atoms with E-state index in [0.29, 0.717) is 0 Å². The van der Waals surface area contributed by atoms with Gasteiger partial charge in [-0.15, -0.1) is 0 Å². The van der Waals surface area contributed by atoms with Crippen LogP contribution < -0.4 is 20.8 Å². The van der Waals surface area contributed by atoms with E-state index in [1.165, 1.54) is 55.1 Å². The Morgan fingerprint density at radius 2 is 0.972 bits per heavy atom. The molecule has 0 amide bonds. The molecule has 72 heavy (non-hydrogen) atoms. The van der Waals surface area contributed by atoms with Crippen LogP contribution in [0.25, 0.3) is 71.5 Å². The second-order valence-electron chi connectivity index (χ2n) is 24.7. The van der Waals surface area contributed by atoms with Crippen LogP contribution in [0.1, 0.15) is 105 Å². The number of furan rings is 2. The van der Waals surface area contributed by atoms with Crippen molar-refractivity contribution in [2.45, 2.75) is 105 Å². The Morgan fingerprint density at radius 1 is 0.417 bits per heavy atom. The predicted molar refractivity (Wildman–Crippen MR) is 306 cm³/mol. The van der Waals surface area contributed by atoms with Gasteiger partial charge in [-0.3, -0.25) is 0 Å². The molecular formula is C66H62BN3O2. The van der Waals surface area contributed by atoms with Gasteiger partial charge in [-0.2, -0.15) is 0 Å². The fraction of sp³-hybridized carbons (Fsp3) is 0.242. The lowest BCUT2D eigenvalue weighted by atomic mass is 9.46. The Bertz CT molecular complexity index is 3950. The molecule has 0 spiro atoms. The predicted octanol–water partition coefficient (Wildman–Crippen LogP) is 17.3. The topological polar surface area (TPSA) is 37.7 Å². The van der Waals surface area contributed by atoms with Gasteiger partial charge in [0.1, 0.15) is 22.4 Å². The highest BCUT2D eigenvalue weighted by molar-refractivity contribution is 6.93. The molecule has 5 nitrogen and oxygen atoms in total. The number of benzene rings is 8. The summed E-state index contributed by atoms with van der Waals surface area (Å²) < 4.78 is 16.6. The Kier molecular flexibility index (Phi) is 9.30. The van der Waals surface area contributed by atoms with Crippen LogP contribution in [0, 0.1) is 0 Å². The van der Waals surface area contributed by atoms with Crippen molar-refractivity contribution < 1.29 is 8.83 Å². The molecule has 13 rings (SSSR count). The van der Waals surface area contributed by atoms with Gasteiger partial charge in [0.05, 0.1) is 16.7 Å². The highest BCUT2D eigenvalue weighted by atomic mass is 16.3. The lowest BCUT2D eigenvalue weighted by Crippen LogP contribution is -2.60. The average molecular weight is 940 g/mol. The third-order valence-electron chi connectivity index (χ3n) is 15.8. The van der Waals surface area contributed by atoms with Gasteiger partial charge in [-0.1, -0.05) is 162 Å². The average Bonchev–Trinajstić information content (AvgIpc) is 4.01. The molecule has 8 aromatic carbocycles. The zero-order chi connectivity index (χ0) is 50.0. The molecule has 0 aliphatic carbocycles. The summed E-state index contributed by atoms with van der Waals surface area (Å²) in [7, 11) is 0. The van der Waals surface area contributed by atoms with Gasteiger partial charge in [0, 0.05) is 60.9 Å². The van der Waals surface area contributed by atoms with Crippen molar-refractivity contribution in [1.82, 2.24) is 4.57 Å². The van der Waals surface area contributed by atoms with Crippen molar-refractivity contribution in [3.05, 3.63) is 180 Å². The van der Waals surface area contributed by atoms with Crippen molar-refractivity contribution in [2.75, 3.05) is 9.71 Å². The number of aromatic nitrogens is 1. The second kappa shape index (κ2) is 15.1. The van der Waals surface area contributed by atoms with Gasteiger partial charge in [0.15, 0.2) is 0 Å². The molecule has 0 atom stereocenters. The van der Waals surface area contributed by atoms with E-state index < -0.39 is 0 Å². The third-order valence-corrected chi connectivity index (χ3v) is 15.8. The zero-order valence-corrected chi connectivity index (χ0v) is 43.7. The molecule has 356 valence electrons. The van der Waals surface area contributed by atoms with Crippen molar-refractivity contribution >= 4 is 101 Å². The molecule has 0 bridgehead atoms. The Hall–Kier alpha value is -7.44. The number of nitrogens with zero attached hydrogens (tertiary/aromatic N) is 3. The molecule has 0 unspecified atom stereocenters. The lowest BCUT2D eigenvalue weighted by molar-refractivity contribution is 0.590. The number of hydrogen-bond donors (Lipinski definition) is 0. The molecule has 3 aromatic heterocycles. The summed E-state index contributed by atoms with van der Waals surface area (Å²) in [6, 6.07) is 59.4. The van der Waals surface area contributed by atoms with Gasteiger partial charge in [0.25, 0.3) is 0 Å². The van der Waals surface area contributed by atoms with Crippen molar-refractivity contribution in [3.63, 3.8) is 0 Å². The van der Waals surface area contributed by atoms with Crippen LogP contribution in [0.2, 0.25) is 0 Å². The van der Waals surface area contributed by atoms with Crippen LogP contribution in [-0.2, 0) is 21.7 Å². The van der Waals surface area contributed by atoms with Crippen LogP contribution in [0.3, 0.4) is 0 Å².